The second-order valence-corrected chi connectivity index (χ2v) is 2.58. The van der Waals surface area contributed by atoms with Gasteiger partial charge in [-0.05, 0) is 24.0 Å². The smallest absolute Gasteiger partial charge is 0.0827 e. The highest BCUT2D eigenvalue weighted by Crippen LogP contribution is 2.29. The van der Waals surface area contributed by atoms with Crippen molar-refractivity contribution in [3.8, 4) is 0 Å². The quantitative estimate of drug-likeness (QED) is 0.568. The molecule has 0 aromatic heterocycles. The molecule has 0 saturated carbocycles. The van der Waals surface area contributed by atoms with Crippen molar-refractivity contribution in [2.45, 2.75) is 12.5 Å². The van der Waals surface area contributed by atoms with E-state index in [-0.39, 0.29) is 6.10 Å². The van der Waals surface area contributed by atoms with Crippen molar-refractivity contribution < 1.29 is 5.11 Å². The Morgan fingerprint density at radius 3 is 2.90 bits per heavy atom. The van der Waals surface area contributed by atoms with Crippen LogP contribution in [0.4, 0.5) is 0 Å². The van der Waals surface area contributed by atoms with Gasteiger partial charge in [-0.2, -0.15) is 0 Å². The third-order valence-electron chi connectivity index (χ3n) is 1.93. The molecule has 1 aromatic rings. The SMILES string of the molecule is O[C@@H]1[CH]Cc2ccccc21. The molecular weight excluding hydrogens is 124 g/mol. The summed E-state index contributed by atoms with van der Waals surface area (Å²) in [6.45, 7) is 0. The highest BCUT2D eigenvalue weighted by Gasteiger charge is 2.18. The molecule has 1 radical (unpaired) electrons. The van der Waals surface area contributed by atoms with Crippen LogP contribution in [0.1, 0.15) is 17.2 Å². The Morgan fingerprint density at radius 2 is 2.10 bits per heavy atom. The lowest BCUT2D eigenvalue weighted by molar-refractivity contribution is 0.217. The summed E-state index contributed by atoms with van der Waals surface area (Å²) in [6.07, 6.45) is 2.51. The van der Waals surface area contributed by atoms with Crippen LogP contribution in [0, 0.1) is 6.42 Å². The number of aliphatic hydroxyl groups excluding tert-OH is 1. The van der Waals surface area contributed by atoms with Gasteiger partial charge in [0.15, 0.2) is 0 Å². The van der Waals surface area contributed by atoms with E-state index < -0.39 is 0 Å². The molecule has 0 fully saturated rings. The maximum absolute atomic E-state index is 9.33. The summed E-state index contributed by atoms with van der Waals surface area (Å²) in [5.41, 5.74) is 2.33. The monoisotopic (exact) mass is 133 g/mol. The van der Waals surface area contributed by atoms with Crippen molar-refractivity contribution in [1.82, 2.24) is 0 Å². The minimum atomic E-state index is -0.323. The van der Waals surface area contributed by atoms with Crippen molar-refractivity contribution >= 4 is 0 Å². The first-order valence-corrected chi connectivity index (χ1v) is 3.47. The predicted octanol–water partition coefficient (Wildman–Crippen LogP) is 1.48. The van der Waals surface area contributed by atoms with E-state index in [1.54, 1.807) is 0 Å². The molecule has 1 heteroatoms. The third-order valence-corrected chi connectivity index (χ3v) is 1.93. The van der Waals surface area contributed by atoms with Crippen LogP contribution < -0.4 is 0 Å². The average Bonchev–Trinajstić information content (AvgIpc) is 2.34. The molecule has 10 heavy (non-hydrogen) atoms. The van der Waals surface area contributed by atoms with Gasteiger partial charge in [0.05, 0.1) is 6.10 Å². The van der Waals surface area contributed by atoms with E-state index in [1.807, 2.05) is 24.6 Å². The first kappa shape index (κ1) is 5.93. The summed E-state index contributed by atoms with van der Waals surface area (Å²) in [5, 5.41) is 9.33. The van der Waals surface area contributed by atoms with Gasteiger partial charge in [-0.15, -0.1) is 0 Å². The van der Waals surface area contributed by atoms with Crippen molar-refractivity contribution in [2.75, 3.05) is 0 Å². The predicted molar refractivity (Wildman–Crippen MR) is 39.4 cm³/mol. The fourth-order valence-corrected chi connectivity index (χ4v) is 1.37. The minimum Gasteiger partial charge on any atom is -0.388 e. The molecule has 0 unspecified atom stereocenters. The lowest BCUT2D eigenvalue weighted by Gasteiger charge is -2.00. The van der Waals surface area contributed by atoms with Crippen LogP contribution in [0.5, 0.6) is 0 Å². The van der Waals surface area contributed by atoms with E-state index in [2.05, 4.69) is 6.07 Å². The first-order chi connectivity index (χ1) is 4.88. The van der Waals surface area contributed by atoms with E-state index in [1.165, 1.54) is 5.56 Å². The van der Waals surface area contributed by atoms with Gasteiger partial charge < -0.3 is 5.11 Å². The Balaban J connectivity index is 2.51. The molecule has 0 saturated heterocycles. The Morgan fingerprint density at radius 1 is 1.30 bits per heavy atom. The van der Waals surface area contributed by atoms with E-state index in [9.17, 15) is 5.11 Å². The zero-order valence-electron chi connectivity index (χ0n) is 5.62. The van der Waals surface area contributed by atoms with Crippen molar-refractivity contribution in [1.29, 1.82) is 0 Å². The van der Waals surface area contributed by atoms with Crippen LogP contribution in [-0.2, 0) is 6.42 Å². The number of rotatable bonds is 0. The van der Waals surface area contributed by atoms with Crippen molar-refractivity contribution in [2.24, 2.45) is 0 Å². The van der Waals surface area contributed by atoms with Gasteiger partial charge in [0, 0.05) is 0 Å². The molecule has 2 rings (SSSR count). The van der Waals surface area contributed by atoms with E-state index in [0.717, 1.165) is 12.0 Å². The average molecular weight is 133 g/mol. The van der Waals surface area contributed by atoms with Gasteiger partial charge in [-0.25, -0.2) is 0 Å². The van der Waals surface area contributed by atoms with Crippen molar-refractivity contribution in [3.63, 3.8) is 0 Å². The Hall–Kier alpha value is -0.820. The molecule has 1 aromatic carbocycles. The summed E-state index contributed by atoms with van der Waals surface area (Å²) in [7, 11) is 0. The zero-order chi connectivity index (χ0) is 6.97. The van der Waals surface area contributed by atoms with Gasteiger partial charge >= 0.3 is 0 Å². The van der Waals surface area contributed by atoms with E-state index >= 15 is 0 Å². The zero-order valence-corrected chi connectivity index (χ0v) is 5.62. The van der Waals surface area contributed by atoms with E-state index in [0.29, 0.717) is 0 Å². The lowest BCUT2D eigenvalue weighted by Crippen LogP contribution is -1.88. The fourth-order valence-electron chi connectivity index (χ4n) is 1.37. The molecule has 0 bridgehead atoms. The number of fused-ring (bicyclic) bond motifs is 1. The Bertz CT molecular complexity index is 242. The van der Waals surface area contributed by atoms with Crippen LogP contribution in [0.3, 0.4) is 0 Å². The summed E-state index contributed by atoms with van der Waals surface area (Å²) in [5.74, 6) is 0. The maximum atomic E-state index is 9.33. The van der Waals surface area contributed by atoms with Crippen LogP contribution in [0.25, 0.3) is 0 Å². The molecule has 51 valence electrons. The topological polar surface area (TPSA) is 20.2 Å². The van der Waals surface area contributed by atoms with Gasteiger partial charge in [0.25, 0.3) is 0 Å². The van der Waals surface area contributed by atoms with Crippen LogP contribution >= 0.6 is 0 Å². The third kappa shape index (κ3) is 0.745. The number of hydrogen-bond acceptors (Lipinski definition) is 1. The number of hydrogen-bond donors (Lipinski definition) is 1. The second-order valence-electron chi connectivity index (χ2n) is 2.58. The van der Waals surface area contributed by atoms with E-state index in [4.69, 9.17) is 0 Å². The summed E-state index contributed by atoms with van der Waals surface area (Å²) in [6, 6.07) is 8.00. The van der Waals surface area contributed by atoms with Gasteiger partial charge in [0.1, 0.15) is 0 Å². The molecule has 1 atom stereocenters. The molecule has 1 aliphatic rings. The number of benzene rings is 1. The van der Waals surface area contributed by atoms with Crippen LogP contribution in [-0.4, -0.2) is 5.11 Å². The summed E-state index contributed by atoms with van der Waals surface area (Å²) >= 11 is 0. The van der Waals surface area contributed by atoms with Crippen LogP contribution in [0.2, 0.25) is 0 Å². The highest BCUT2D eigenvalue weighted by atomic mass is 16.3. The van der Waals surface area contributed by atoms with Gasteiger partial charge in [-0.3, -0.25) is 0 Å². The normalized spacial score (nSPS) is 22.7. The number of aliphatic hydroxyl groups is 1. The molecule has 0 amide bonds. The molecule has 0 spiro atoms. The van der Waals surface area contributed by atoms with Gasteiger partial charge in [0.2, 0.25) is 0 Å². The standard InChI is InChI=1S/C9H9O/c10-9-6-5-7-3-1-2-4-8(7)9/h1-4,6,9-10H,5H2/t9-/m1/s1. The van der Waals surface area contributed by atoms with Gasteiger partial charge in [-0.1, -0.05) is 24.3 Å². The second kappa shape index (κ2) is 2.10. The summed E-state index contributed by atoms with van der Waals surface area (Å²) < 4.78 is 0. The fraction of sp³-hybridized carbons (Fsp3) is 0.222. The summed E-state index contributed by atoms with van der Waals surface area (Å²) in [4.78, 5) is 0. The molecule has 0 heterocycles. The molecule has 1 aliphatic carbocycles. The highest BCUT2D eigenvalue weighted by molar-refractivity contribution is 5.36. The van der Waals surface area contributed by atoms with Crippen molar-refractivity contribution in [3.05, 3.63) is 41.8 Å². The molecule has 1 nitrogen and oxygen atoms in total. The first-order valence-electron chi connectivity index (χ1n) is 3.47. The minimum absolute atomic E-state index is 0.323. The Labute approximate surface area is 60.3 Å². The Kier molecular flexibility index (Phi) is 1.24. The maximum Gasteiger partial charge on any atom is 0.0827 e. The van der Waals surface area contributed by atoms with Crippen LogP contribution in [0.15, 0.2) is 24.3 Å². The molecular formula is C9H9O. The molecule has 1 N–H and O–H groups in total. The lowest BCUT2D eigenvalue weighted by atomic mass is 10.1. The largest absolute Gasteiger partial charge is 0.388 e. The molecule has 0 aliphatic heterocycles.